The Kier molecular flexibility index (Phi) is 4.41. The Morgan fingerprint density at radius 2 is 1.47 bits per heavy atom. The van der Waals surface area contributed by atoms with Crippen LogP contribution in [-0.4, -0.2) is 5.11 Å². The predicted octanol–water partition coefficient (Wildman–Crippen LogP) is 4.96. The second-order valence-electron chi connectivity index (χ2n) is 3.90. The molecule has 0 saturated carbocycles. The third kappa shape index (κ3) is 3.46. The van der Waals surface area contributed by atoms with E-state index in [1.54, 1.807) is 12.1 Å². The molecule has 0 atom stereocenters. The molecule has 0 saturated heterocycles. The molecule has 94 valence electrons. The van der Waals surface area contributed by atoms with Gasteiger partial charge in [0.1, 0.15) is 5.75 Å². The summed E-state index contributed by atoms with van der Waals surface area (Å²) in [5.41, 5.74) is 2.62. The van der Waals surface area contributed by atoms with E-state index < -0.39 is 0 Å². The fourth-order valence-corrected chi connectivity index (χ4v) is 2.76. The van der Waals surface area contributed by atoms with Crippen molar-refractivity contribution in [3.8, 4) is 11.8 Å². The number of benzene rings is 2. The third-order valence-corrected chi connectivity index (χ3v) is 3.76. The standard InChI is InChI=1S/C15H9Br2NO/c16-13-7-12(8-14(17)15(13)19)6-3-10-1-4-11(9-18)5-2-10/h1-8,19H/b6-3+. The maximum absolute atomic E-state index is 9.63. The lowest BCUT2D eigenvalue weighted by atomic mass is 10.1. The van der Waals surface area contributed by atoms with Crippen LogP contribution in [0.25, 0.3) is 12.2 Å². The summed E-state index contributed by atoms with van der Waals surface area (Å²) in [6.45, 7) is 0. The fraction of sp³-hybridized carbons (Fsp3) is 0. The molecule has 2 aromatic rings. The Bertz CT molecular complexity index is 647. The average Bonchev–Trinajstić information content (AvgIpc) is 2.43. The lowest BCUT2D eigenvalue weighted by molar-refractivity contribution is 0.468. The Hall–Kier alpha value is -1.57. The summed E-state index contributed by atoms with van der Waals surface area (Å²) in [5.74, 6) is 0.190. The van der Waals surface area contributed by atoms with Crippen molar-refractivity contribution in [1.82, 2.24) is 0 Å². The molecule has 4 heteroatoms. The summed E-state index contributed by atoms with van der Waals surface area (Å²) in [5, 5.41) is 18.3. The number of nitriles is 1. The first-order valence-corrected chi connectivity index (χ1v) is 7.05. The summed E-state index contributed by atoms with van der Waals surface area (Å²) in [7, 11) is 0. The van der Waals surface area contributed by atoms with E-state index in [0.717, 1.165) is 11.1 Å². The summed E-state index contributed by atoms with van der Waals surface area (Å²) in [6.07, 6.45) is 3.89. The first kappa shape index (κ1) is 13.9. The van der Waals surface area contributed by atoms with Crippen molar-refractivity contribution in [2.75, 3.05) is 0 Å². The van der Waals surface area contributed by atoms with Crippen LogP contribution in [0.1, 0.15) is 16.7 Å². The smallest absolute Gasteiger partial charge is 0.143 e. The van der Waals surface area contributed by atoms with Crippen LogP contribution in [0.4, 0.5) is 0 Å². The molecule has 2 rings (SSSR count). The van der Waals surface area contributed by atoms with E-state index in [4.69, 9.17) is 5.26 Å². The summed E-state index contributed by atoms with van der Waals surface area (Å²) in [4.78, 5) is 0. The minimum atomic E-state index is 0.190. The number of hydrogen-bond donors (Lipinski definition) is 1. The molecule has 0 bridgehead atoms. The largest absolute Gasteiger partial charge is 0.506 e. The van der Waals surface area contributed by atoms with Crippen LogP contribution in [-0.2, 0) is 0 Å². The van der Waals surface area contributed by atoms with Gasteiger partial charge in [0, 0.05) is 0 Å². The maximum Gasteiger partial charge on any atom is 0.143 e. The van der Waals surface area contributed by atoms with Gasteiger partial charge in [-0.2, -0.15) is 5.26 Å². The second kappa shape index (κ2) is 6.05. The van der Waals surface area contributed by atoms with Gasteiger partial charge in [-0.25, -0.2) is 0 Å². The van der Waals surface area contributed by atoms with Crippen LogP contribution < -0.4 is 0 Å². The average molecular weight is 379 g/mol. The Morgan fingerprint density at radius 1 is 0.947 bits per heavy atom. The Labute approximate surface area is 128 Å². The van der Waals surface area contributed by atoms with Crippen molar-refractivity contribution in [3.05, 3.63) is 62.0 Å². The van der Waals surface area contributed by atoms with Gasteiger partial charge in [-0.15, -0.1) is 0 Å². The Balaban J connectivity index is 2.25. The van der Waals surface area contributed by atoms with E-state index in [2.05, 4.69) is 37.9 Å². The molecule has 19 heavy (non-hydrogen) atoms. The quantitative estimate of drug-likeness (QED) is 0.750. The van der Waals surface area contributed by atoms with Gasteiger partial charge in [0.2, 0.25) is 0 Å². The fourth-order valence-electron chi connectivity index (χ4n) is 1.54. The predicted molar refractivity (Wildman–Crippen MR) is 83.6 cm³/mol. The monoisotopic (exact) mass is 377 g/mol. The van der Waals surface area contributed by atoms with Gasteiger partial charge in [0.05, 0.1) is 20.6 Å². The summed E-state index contributed by atoms with van der Waals surface area (Å²) in [6, 6.07) is 13.1. The highest BCUT2D eigenvalue weighted by Crippen LogP contribution is 2.33. The first-order chi connectivity index (χ1) is 9.10. The van der Waals surface area contributed by atoms with E-state index in [9.17, 15) is 5.11 Å². The van der Waals surface area contributed by atoms with E-state index in [1.165, 1.54) is 0 Å². The first-order valence-electron chi connectivity index (χ1n) is 5.46. The van der Waals surface area contributed by atoms with Gasteiger partial charge in [0.25, 0.3) is 0 Å². The molecule has 0 aliphatic carbocycles. The topological polar surface area (TPSA) is 44.0 Å². The molecular formula is C15H9Br2NO. The molecule has 0 heterocycles. The van der Waals surface area contributed by atoms with Crippen LogP contribution in [0.15, 0.2) is 45.3 Å². The number of hydrogen-bond acceptors (Lipinski definition) is 2. The highest BCUT2D eigenvalue weighted by Gasteiger charge is 2.03. The number of phenols is 1. The number of nitrogens with zero attached hydrogens (tertiary/aromatic N) is 1. The summed E-state index contributed by atoms with van der Waals surface area (Å²) >= 11 is 6.58. The number of phenolic OH excluding ortho intramolecular Hbond substituents is 1. The molecule has 1 N–H and O–H groups in total. The molecule has 2 aromatic carbocycles. The second-order valence-corrected chi connectivity index (χ2v) is 5.61. The highest BCUT2D eigenvalue weighted by molar-refractivity contribution is 9.11. The molecular weight excluding hydrogens is 370 g/mol. The zero-order valence-electron chi connectivity index (χ0n) is 9.77. The SMILES string of the molecule is N#Cc1ccc(/C=C/c2cc(Br)c(O)c(Br)c2)cc1. The number of rotatable bonds is 2. The van der Waals surface area contributed by atoms with Crippen molar-refractivity contribution in [3.63, 3.8) is 0 Å². The third-order valence-electron chi connectivity index (χ3n) is 2.55. The van der Waals surface area contributed by atoms with E-state index >= 15 is 0 Å². The molecule has 2 nitrogen and oxygen atoms in total. The number of halogens is 2. The zero-order valence-corrected chi connectivity index (χ0v) is 12.9. The molecule has 0 unspecified atom stereocenters. The molecule has 0 aliphatic rings. The van der Waals surface area contributed by atoms with Crippen LogP contribution in [0.2, 0.25) is 0 Å². The van der Waals surface area contributed by atoms with Crippen LogP contribution >= 0.6 is 31.9 Å². The molecule has 0 fully saturated rings. The summed E-state index contributed by atoms with van der Waals surface area (Å²) < 4.78 is 1.28. The minimum absolute atomic E-state index is 0.190. The van der Waals surface area contributed by atoms with Gasteiger partial charge in [-0.3, -0.25) is 0 Å². The lowest BCUT2D eigenvalue weighted by Gasteiger charge is -2.02. The molecule has 0 spiro atoms. The van der Waals surface area contributed by atoms with Crippen LogP contribution in [0.5, 0.6) is 5.75 Å². The zero-order chi connectivity index (χ0) is 13.8. The van der Waals surface area contributed by atoms with Crippen molar-refractivity contribution in [2.45, 2.75) is 0 Å². The van der Waals surface area contributed by atoms with Crippen molar-refractivity contribution in [1.29, 1.82) is 5.26 Å². The normalized spacial score (nSPS) is 10.6. The van der Waals surface area contributed by atoms with E-state index in [-0.39, 0.29) is 5.75 Å². The van der Waals surface area contributed by atoms with Crippen molar-refractivity contribution in [2.24, 2.45) is 0 Å². The van der Waals surface area contributed by atoms with Crippen LogP contribution in [0.3, 0.4) is 0 Å². The van der Waals surface area contributed by atoms with Gasteiger partial charge < -0.3 is 5.11 Å². The highest BCUT2D eigenvalue weighted by atomic mass is 79.9. The maximum atomic E-state index is 9.63. The van der Waals surface area contributed by atoms with Gasteiger partial charge >= 0.3 is 0 Å². The lowest BCUT2D eigenvalue weighted by Crippen LogP contribution is -1.78. The minimum Gasteiger partial charge on any atom is -0.506 e. The van der Waals surface area contributed by atoms with Crippen LogP contribution in [0, 0.1) is 11.3 Å². The molecule has 0 aliphatic heterocycles. The van der Waals surface area contributed by atoms with Crippen molar-refractivity contribution >= 4 is 44.0 Å². The molecule has 0 aromatic heterocycles. The van der Waals surface area contributed by atoms with E-state index in [1.807, 2.05) is 36.4 Å². The van der Waals surface area contributed by atoms with Gasteiger partial charge in [0.15, 0.2) is 0 Å². The van der Waals surface area contributed by atoms with Gasteiger partial charge in [-0.1, -0.05) is 24.3 Å². The Morgan fingerprint density at radius 3 is 2.00 bits per heavy atom. The van der Waals surface area contributed by atoms with Gasteiger partial charge in [-0.05, 0) is 67.3 Å². The number of aromatic hydroxyl groups is 1. The van der Waals surface area contributed by atoms with Crippen molar-refractivity contribution < 1.29 is 5.11 Å². The molecule has 0 radical (unpaired) electrons. The van der Waals surface area contributed by atoms with E-state index in [0.29, 0.717) is 14.5 Å². The molecule has 0 amide bonds.